The summed E-state index contributed by atoms with van der Waals surface area (Å²) < 4.78 is 30.7. The second kappa shape index (κ2) is 2.65. The van der Waals surface area contributed by atoms with Gasteiger partial charge in [0.1, 0.15) is 5.92 Å². The fourth-order valence-corrected chi connectivity index (χ4v) is 1.62. The van der Waals surface area contributed by atoms with Gasteiger partial charge in [-0.15, -0.1) is 5.10 Å². The number of hydrogen-bond acceptors (Lipinski definition) is 3. The van der Waals surface area contributed by atoms with Crippen LogP contribution in [0.1, 0.15) is 31.1 Å². The van der Waals surface area contributed by atoms with Crippen LogP contribution in [0.25, 0.3) is 0 Å². The summed E-state index contributed by atoms with van der Waals surface area (Å²) in [6.45, 7) is 0. The molecule has 1 heterocycles. The van der Waals surface area contributed by atoms with Gasteiger partial charge in [-0.3, -0.25) is 0 Å². The summed E-state index contributed by atoms with van der Waals surface area (Å²) in [6.07, 6.45) is 0.600. The molecule has 2 rings (SSSR count). The molecule has 1 saturated carbocycles. The first-order valence-corrected chi connectivity index (χ1v) is 4.03. The van der Waals surface area contributed by atoms with Gasteiger partial charge in [-0.25, -0.2) is 18.7 Å². The molecule has 1 aromatic heterocycles. The minimum Gasteiger partial charge on any atom is -0.392 e. The zero-order chi connectivity index (χ0) is 9.47. The summed E-state index contributed by atoms with van der Waals surface area (Å²) in [4.78, 5) is 10.5. The van der Waals surface area contributed by atoms with Crippen LogP contribution in [0.3, 0.4) is 0 Å². The molecule has 1 atom stereocenters. The van der Waals surface area contributed by atoms with E-state index in [-0.39, 0.29) is 12.3 Å². The molecule has 1 N–H and O–H groups in total. The Morgan fingerprint density at radius 3 is 2.85 bits per heavy atom. The maximum Gasteiger partial charge on any atom is 0.434 e. The zero-order valence-electron chi connectivity index (χ0n) is 6.72. The highest BCUT2D eigenvalue weighted by Crippen LogP contribution is 2.45. The maximum absolute atomic E-state index is 13.1. The van der Waals surface area contributed by atoms with Crippen LogP contribution < -0.4 is 5.76 Å². The Balaban J connectivity index is 2.31. The monoisotopic (exact) mass is 190 g/mol. The lowest BCUT2D eigenvalue weighted by Gasteiger charge is -2.14. The first-order chi connectivity index (χ1) is 6.09. The number of aromatic nitrogens is 2. The molecule has 72 valence electrons. The highest BCUT2D eigenvalue weighted by molar-refractivity contribution is 5.01. The van der Waals surface area contributed by atoms with Crippen molar-refractivity contribution in [1.82, 2.24) is 10.2 Å². The van der Waals surface area contributed by atoms with Crippen molar-refractivity contribution >= 4 is 0 Å². The van der Waals surface area contributed by atoms with E-state index < -0.39 is 17.6 Å². The third-order valence-electron chi connectivity index (χ3n) is 2.27. The van der Waals surface area contributed by atoms with Gasteiger partial charge in [0.05, 0.1) is 0 Å². The van der Waals surface area contributed by atoms with Crippen molar-refractivity contribution in [2.45, 2.75) is 31.1 Å². The Hall–Kier alpha value is -1.20. The quantitative estimate of drug-likeness (QED) is 0.725. The average Bonchev–Trinajstić information content (AvgIpc) is 2.56. The molecular formula is C7H8F2N2O2. The maximum atomic E-state index is 13.1. The summed E-state index contributed by atoms with van der Waals surface area (Å²) in [5.41, 5.74) is 0. The van der Waals surface area contributed by atoms with Crippen LogP contribution in [0.2, 0.25) is 0 Å². The van der Waals surface area contributed by atoms with Crippen LogP contribution in [-0.4, -0.2) is 16.1 Å². The van der Waals surface area contributed by atoms with E-state index in [0.717, 1.165) is 0 Å². The third-order valence-corrected chi connectivity index (χ3v) is 2.27. The summed E-state index contributed by atoms with van der Waals surface area (Å²) in [7, 11) is 0. The normalized spacial score (nSPS) is 26.5. The standard InChI is InChI=1S/C7H8F2N2O2/c8-7(9)3-1-2-4(7)5-10-11-6(12)13-5/h4H,1-3H2,(H,11,12). The van der Waals surface area contributed by atoms with E-state index in [1.54, 1.807) is 0 Å². The van der Waals surface area contributed by atoms with Crippen LogP contribution in [0.5, 0.6) is 0 Å². The summed E-state index contributed by atoms with van der Waals surface area (Å²) in [5.74, 6) is -4.78. The van der Waals surface area contributed by atoms with Crippen molar-refractivity contribution in [3.8, 4) is 0 Å². The van der Waals surface area contributed by atoms with Crippen LogP contribution in [0.4, 0.5) is 8.78 Å². The summed E-state index contributed by atoms with van der Waals surface area (Å²) in [6, 6.07) is 0. The number of halogens is 2. The average molecular weight is 190 g/mol. The molecule has 6 heteroatoms. The van der Waals surface area contributed by atoms with E-state index in [1.807, 2.05) is 5.10 Å². The Morgan fingerprint density at radius 2 is 2.38 bits per heavy atom. The van der Waals surface area contributed by atoms with Gasteiger partial charge in [0, 0.05) is 6.42 Å². The molecule has 0 radical (unpaired) electrons. The van der Waals surface area contributed by atoms with Crippen molar-refractivity contribution < 1.29 is 13.2 Å². The number of hydrogen-bond donors (Lipinski definition) is 1. The number of alkyl halides is 2. The van der Waals surface area contributed by atoms with Gasteiger partial charge in [-0.2, -0.15) is 0 Å². The van der Waals surface area contributed by atoms with Gasteiger partial charge in [0.25, 0.3) is 5.92 Å². The highest BCUT2D eigenvalue weighted by Gasteiger charge is 2.47. The Morgan fingerprint density at radius 1 is 1.62 bits per heavy atom. The highest BCUT2D eigenvalue weighted by atomic mass is 19.3. The zero-order valence-corrected chi connectivity index (χ0v) is 6.72. The van der Waals surface area contributed by atoms with Gasteiger partial charge in [0.15, 0.2) is 0 Å². The second-order valence-corrected chi connectivity index (χ2v) is 3.16. The molecule has 1 aromatic rings. The molecule has 1 aliphatic carbocycles. The topological polar surface area (TPSA) is 58.9 Å². The van der Waals surface area contributed by atoms with Crippen LogP contribution >= 0.6 is 0 Å². The van der Waals surface area contributed by atoms with Gasteiger partial charge >= 0.3 is 5.76 Å². The van der Waals surface area contributed by atoms with Crippen molar-refractivity contribution in [3.05, 3.63) is 16.4 Å². The third kappa shape index (κ3) is 1.36. The second-order valence-electron chi connectivity index (χ2n) is 3.16. The first kappa shape index (κ1) is 8.40. The number of aromatic amines is 1. The van der Waals surface area contributed by atoms with E-state index in [9.17, 15) is 13.6 Å². The van der Waals surface area contributed by atoms with E-state index in [0.29, 0.717) is 12.8 Å². The molecule has 0 amide bonds. The molecule has 4 nitrogen and oxygen atoms in total. The van der Waals surface area contributed by atoms with Gasteiger partial charge < -0.3 is 4.42 Å². The van der Waals surface area contributed by atoms with Crippen LogP contribution in [0, 0.1) is 0 Å². The number of nitrogens with zero attached hydrogens (tertiary/aromatic N) is 1. The molecular weight excluding hydrogens is 182 g/mol. The lowest BCUT2D eigenvalue weighted by Crippen LogP contribution is -2.20. The Bertz CT molecular complexity index is 357. The lowest BCUT2D eigenvalue weighted by molar-refractivity contribution is -0.0162. The van der Waals surface area contributed by atoms with Crippen LogP contribution in [-0.2, 0) is 0 Å². The molecule has 13 heavy (non-hydrogen) atoms. The van der Waals surface area contributed by atoms with Gasteiger partial charge in [-0.05, 0) is 12.8 Å². The predicted molar refractivity (Wildman–Crippen MR) is 38.7 cm³/mol. The van der Waals surface area contributed by atoms with Crippen LogP contribution in [0.15, 0.2) is 9.21 Å². The molecule has 1 aliphatic rings. The smallest absolute Gasteiger partial charge is 0.392 e. The minimum atomic E-state index is -2.79. The van der Waals surface area contributed by atoms with E-state index in [2.05, 4.69) is 9.52 Å². The number of H-pyrrole nitrogens is 1. The Labute approximate surface area is 71.9 Å². The fourth-order valence-electron chi connectivity index (χ4n) is 1.62. The SMILES string of the molecule is O=c1[nH]nc(C2CCCC2(F)F)o1. The molecule has 0 aromatic carbocycles. The fraction of sp³-hybridized carbons (Fsp3) is 0.714. The van der Waals surface area contributed by atoms with Crippen molar-refractivity contribution in [2.75, 3.05) is 0 Å². The number of nitrogens with one attached hydrogen (secondary N) is 1. The molecule has 0 bridgehead atoms. The summed E-state index contributed by atoms with van der Waals surface area (Å²) >= 11 is 0. The molecule has 0 saturated heterocycles. The largest absolute Gasteiger partial charge is 0.434 e. The molecule has 0 spiro atoms. The Kier molecular flexibility index (Phi) is 1.71. The minimum absolute atomic E-state index is 0.158. The van der Waals surface area contributed by atoms with E-state index in [1.165, 1.54) is 0 Å². The van der Waals surface area contributed by atoms with E-state index >= 15 is 0 Å². The van der Waals surface area contributed by atoms with E-state index in [4.69, 9.17) is 0 Å². The lowest BCUT2D eigenvalue weighted by atomic mass is 10.1. The molecule has 1 fully saturated rings. The van der Waals surface area contributed by atoms with Gasteiger partial charge in [-0.1, -0.05) is 0 Å². The first-order valence-electron chi connectivity index (χ1n) is 4.03. The molecule has 0 aliphatic heterocycles. The predicted octanol–water partition coefficient (Wildman–Crippen LogP) is 1.27. The van der Waals surface area contributed by atoms with Crippen molar-refractivity contribution in [3.63, 3.8) is 0 Å². The summed E-state index contributed by atoms with van der Waals surface area (Å²) in [5, 5.41) is 5.39. The van der Waals surface area contributed by atoms with Gasteiger partial charge in [0.2, 0.25) is 5.89 Å². The van der Waals surface area contributed by atoms with Crippen molar-refractivity contribution in [1.29, 1.82) is 0 Å². The number of rotatable bonds is 1. The van der Waals surface area contributed by atoms with Crippen molar-refractivity contribution in [2.24, 2.45) is 0 Å². The molecule has 1 unspecified atom stereocenters.